The predicted octanol–water partition coefficient (Wildman–Crippen LogP) is 1.97. The normalized spacial score (nSPS) is 17.0. The first kappa shape index (κ1) is 12.3. The van der Waals surface area contributed by atoms with E-state index < -0.39 is 0 Å². The van der Waals surface area contributed by atoms with Gasteiger partial charge in [0.1, 0.15) is 18.2 Å². The second-order valence-corrected chi connectivity index (χ2v) is 4.15. The fourth-order valence-corrected chi connectivity index (χ4v) is 1.89. The van der Waals surface area contributed by atoms with Gasteiger partial charge in [0.25, 0.3) is 0 Å². The van der Waals surface area contributed by atoms with Crippen molar-refractivity contribution in [3.63, 3.8) is 0 Å². The van der Waals surface area contributed by atoms with Crippen LogP contribution in [-0.2, 0) is 4.74 Å². The van der Waals surface area contributed by atoms with Crippen LogP contribution in [-0.4, -0.2) is 32.4 Å². The first-order valence-corrected chi connectivity index (χ1v) is 6.04. The van der Waals surface area contributed by atoms with E-state index in [1.54, 1.807) is 12.1 Å². The minimum absolute atomic E-state index is 0.264. The van der Waals surface area contributed by atoms with Crippen LogP contribution in [0.25, 0.3) is 0 Å². The van der Waals surface area contributed by atoms with E-state index in [2.05, 4.69) is 5.32 Å². The molecule has 0 aliphatic carbocycles. The molecular weight excluding hydrogens is 221 g/mol. The summed E-state index contributed by atoms with van der Waals surface area (Å²) in [6.07, 6.45) is 2.11. The van der Waals surface area contributed by atoms with Gasteiger partial charge in [0, 0.05) is 31.9 Å². The minimum atomic E-state index is -0.264. The Kier molecular flexibility index (Phi) is 4.76. The van der Waals surface area contributed by atoms with Crippen molar-refractivity contribution in [2.75, 3.05) is 26.4 Å². The van der Waals surface area contributed by atoms with E-state index in [0.717, 1.165) is 32.6 Å². The Balaban J connectivity index is 1.62. The van der Waals surface area contributed by atoms with Gasteiger partial charge >= 0.3 is 0 Å². The Morgan fingerprint density at radius 1 is 1.35 bits per heavy atom. The van der Waals surface area contributed by atoms with Crippen molar-refractivity contribution in [2.45, 2.75) is 18.9 Å². The Bertz CT molecular complexity index is 340. The first-order valence-electron chi connectivity index (χ1n) is 6.04. The van der Waals surface area contributed by atoms with E-state index in [9.17, 15) is 4.39 Å². The van der Waals surface area contributed by atoms with E-state index in [1.807, 2.05) is 0 Å². The summed E-state index contributed by atoms with van der Waals surface area (Å²) in [6, 6.07) is 6.75. The van der Waals surface area contributed by atoms with Crippen LogP contribution in [0.3, 0.4) is 0 Å². The largest absolute Gasteiger partial charge is 0.492 e. The molecule has 1 N–H and O–H groups in total. The molecule has 2 rings (SSSR count). The number of halogens is 1. The summed E-state index contributed by atoms with van der Waals surface area (Å²) < 4.78 is 23.6. The topological polar surface area (TPSA) is 30.5 Å². The maximum absolute atomic E-state index is 12.9. The van der Waals surface area contributed by atoms with Crippen LogP contribution in [0.2, 0.25) is 0 Å². The van der Waals surface area contributed by atoms with Gasteiger partial charge in [0.15, 0.2) is 0 Å². The smallest absolute Gasteiger partial charge is 0.126 e. The van der Waals surface area contributed by atoms with Crippen LogP contribution in [0.1, 0.15) is 12.8 Å². The van der Waals surface area contributed by atoms with Gasteiger partial charge in [-0.1, -0.05) is 6.07 Å². The molecule has 0 amide bonds. The van der Waals surface area contributed by atoms with Crippen LogP contribution in [0, 0.1) is 5.82 Å². The Hall–Kier alpha value is -1.13. The highest BCUT2D eigenvalue weighted by Gasteiger charge is 2.12. The van der Waals surface area contributed by atoms with Crippen molar-refractivity contribution in [1.82, 2.24) is 5.32 Å². The molecule has 1 fully saturated rings. The first-order chi connectivity index (χ1) is 8.34. The lowest BCUT2D eigenvalue weighted by Crippen LogP contribution is -2.37. The van der Waals surface area contributed by atoms with Crippen LogP contribution >= 0.6 is 0 Å². The van der Waals surface area contributed by atoms with Crippen LogP contribution in [0.15, 0.2) is 24.3 Å². The quantitative estimate of drug-likeness (QED) is 0.797. The lowest BCUT2D eigenvalue weighted by Gasteiger charge is -2.23. The molecule has 0 bridgehead atoms. The molecule has 0 aromatic heterocycles. The van der Waals surface area contributed by atoms with Gasteiger partial charge in [-0.15, -0.1) is 0 Å². The third-order valence-corrected chi connectivity index (χ3v) is 2.82. The zero-order valence-electron chi connectivity index (χ0n) is 9.82. The number of ether oxygens (including phenoxy) is 2. The zero-order chi connectivity index (χ0) is 11.9. The highest BCUT2D eigenvalue weighted by atomic mass is 19.1. The molecule has 0 unspecified atom stereocenters. The lowest BCUT2D eigenvalue weighted by molar-refractivity contribution is 0.0770. The average Bonchev–Trinajstić information content (AvgIpc) is 2.36. The van der Waals surface area contributed by atoms with Crippen molar-refractivity contribution in [3.8, 4) is 5.75 Å². The summed E-state index contributed by atoms with van der Waals surface area (Å²) in [7, 11) is 0. The Morgan fingerprint density at radius 3 is 2.94 bits per heavy atom. The van der Waals surface area contributed by atoms with Gasteiger partial charge in [0.2, 0.25) is 0 Å². The number of rotatable bonds is 5. The molecule has 1 aliphatic rings. The number of hydrogen-bond donors (Lipinski definition) is 1. The van der Waals surface area contributed by atoms with Crippen molar-refractivity contribution < 1.29 is 13.9 Å². The predicted molar refractivity (Wildman–Crippen MR) is 63.7 cm³/mol. The molecule has 1 heterocycles. The highest BCUT2D eigenvalue weighted by molar-refractivity contribution is 5.22. The second-order valence-electron chi connectivity index (χ2n) is 4.15. The lowest BCUT2D eigenvalue weighted by atomic mass is 10.1. The molecule has 3 nitrogen and oxygen atoms in total. The molecule has 0 spiro atoms. The highest BCUT2D eigenvalue weighted by Crippen LogP contribution is 2.11. The number of benzene rings is 1. The van der Waals surface area contributed by atoms with E-state index >= 15 is 0 Å². The van der Waals surface area contributed by atoms with E-state index in [-0.39, 0.29) is 5.82 Å². The molecular formula is C13H18FNO2. The third-order valence-electron chi connectivity index (χ3n) is 2.82. The van der Waals surface area contributed by atoms with Gasteiger partial charge in [0.05, 0.1) is 0 Å². The Morgan fingerprint density at radius 2 is 2.18 bits per heavy atom. The van der Waals surface area contributed by atoms with E-state index in [4.69, 9.17) is 9.47 Å². The fourth-order valence-electron chi connectivity index (χ4n) is 1.89. The maximum Gasteiger partial charge on any atom is 0.126 e. The minimum Gasteiger partial charge on any atom is -0.492 e. The summed E-state index contributed by atoms with van der Waals surface area (Å²) in [5.41, 5.74) is 0. The SMILES string of the molecule is Fc1cccc(OCCNC2CCOCC2)c1. The fraction of sp³-hybridized carbons (Fsp3) is 0.538. The van der Waals surface area contributed by atoms with E-state index in [0.29, 0.717) is 18.4 Å². The molecule has 1 aliphatic heterocycles. The van der Waals surface area contributed by atoms with Crippen LogP contribution < -0.4 is 10.1 Å². The van der Waals surface area contributed by atoms with Gasteiger partial charge in [-0.2, -0.15) is 0 Å². The molecule has 0 atom stereocenters. The summed E-state index contributed by atoms with van der Waals surface area (Å²) >= 11 is 0. The van der Waals surface area contributed by atoms with Gasteiger partial charge in [-0.25, -0.2) is 4.39 Å². The molecule has 1 aromatic rings. The van der Waals surface area contributed by atoms with Crippen molar-refractivity contribution in [1.29, 1.82) is 0 Å². The monoisotopic (exact) mass is 239 g/mol. The molecule has 0 radical (unpaired) electrons. The zero-order valence-corrected chi connectivity index (χ0v) is 9.82. The summed E-state index contributed by atoms with van der Waals surface area (Å²) in [4.78, 5) is 0. The van der Waals surface area contributed by atoms with Crippen molar-refractivity contribution >= 4 is 0 Å². The molecule has 17 heavy (non-hydrogen) atoms. The standard InChI is InChI=1S/C13H18FNO2/c14-11-2-1-3-13(10-11)17-9-6-15-12-4-7-16-8-5-12/h1-3,10,12,15H,4-9H2. The molecule has 4 heteroatoms. The molecule has 94 valence electrons. The molecule has 1 aromatic carbocycles. The number of hydrogen-bond acceptors (Lipinski definition) is 3. The summed E-state index contributed by atoms with van der Waals surface area (Å²) in [5, 5.41) is 3.41. The second kappa shape index (κ2) is 6.57. The number of nitrogens with one attached hydrogen (secondary N) is 1. The van der Waals surface area contributed by atoms with Crippen LogP contribution in [0.5, 0.6) is 5.75 Å². The van der Waals surface area contributed by atoms with Gasteiger partial charge in [-0.3, -0.25) is 0 Å². The maximum atomic E-state index is 12.9. The Labute approximate surface area is 101 Å². The summed E-state index contributed by atoms with van der Waals surface area (Å²) in [6.45, 7) is 3.01. The van der Waals surface area contributed by atoms with Crippen LogP contribution in [0.4, 0.5) is 4.39 Å². The molecule has 0 saturated carbocycles. The van der Waals surface area contributed by atoms with Crippen molar-refractivity contribution in [3.05, 3.63) is 30.1 Å². The average molecular weight is 239 g/mol. The summed E-state index contributed by atoms with van der Waals surface area (Å²) in [5.74, 6) is 0.318. The van der Waals surface area contributed by atoms with E-state index in [1.165, 1.54) is 12.1 Å². The van der Waals surface area contributed by atoms with Gasteiger partial charge < -0.3 is 14.8 Å². The van der Waals surface area contributed by atoms with Crippen molar-refractivity contribution in [2.24, 2.45) is 0 Å². The molecule has 1 saturated heterocycles. The third kappa shape index (κ3) is 4.32. The van der Waals surface area contributed by atoms with Gasteiger partial charge in [-0.05, 0) is 25.0 Å².